The zero-order chi connectivity index (χ0) is 18.4. The molecule has 0 aliphatic carbocycles. The average molecular weight is 351 g/mol. The third-order valence-corrected chi connectivity index (χ3v) is 4.39. The number of ether oxygens (including phenoxy) is 1. The van der Waals surface area contributed by atoms with Gasteiger partial charge in [0.15, 0.2) is 0 Å². The minimum absolute atomic E-state index is 0.124. The predicted molar refractivity (Wildman–Crippen MR) is 105 cm³/mol. The van der Waals surface area contributed by atoms with E-state index in [1.807, 2.05) is 44.2 Å². The largest absolute Gasteiger partial charge is 0.376 e. The van der Waals surface area contributed by atoms with Crippen molar-refractivity contribution in [2.24, 2.45) is 4.99 Å². The highest BCUT2D eigenvalue weighted by atomic mass is 16.5. The topological polar surface area (TPSA) is 62.7 Å². The SMILES string of the molecule is Cc1ccc(C)c(NC(=NC[C@H]2CCCO2)NC(=O)c2ccccc2)c1. The van der Waals surface area contributed by atoms with Crippen molar-refractivity contribution in [2.45, 2.75) is 32.8 Å². The van der Waals surface area contributed by atoms with Crippen LogP contribution in [0.4, 0.5) is 5.69 Å². The molecule has 26 heavy (non-hydrogen) atoms. The van der Waals surface area contributed by atoms with Gasteiger partial charge in [-0.3, -0.25) is 10.1 Å². The normalized spacial score (nSPS) is 17.2. The van der Waals surface area contributed by atoms with Crippen molar-refractivity contribution < 1.29 is 9.53 Å². The molecule has 1 fully saturated rings. The Bertz CT molecular complexity index is 781. The molecule has 1 aliphatic heterocycles. The van der Waals surface area contributed by atoms with Gasteiger partial charge in [-0.1, -0.05) is 30.3 Å². The van der Waals surface area contributed by atoms with Crippen LogP contribution in [0, 0.1) is 13.8 Å². The Morgan fingerprint density at radius 3 is 2.73 bits per heavy atom. The molecule has 0 spiro atoms. The number of rotatable bonds is 4. The summed E-state index contributed by atoms with van der Waals surface area (Å²) >= 11 is 0. The van der Waals surface area contributed by atoms with Crippen LogP contribution in [0.1, 0.15) is 34.3 Å². The molecular formula is C21H25N3O2. The Balaban J connectivity index is 1.77. The van der Waals surface area contributed by atoms with Crippen LogP contribution in [0.15, 0.2) is 53.5 Å². The van der Waals surface area contributed by atoms with Crippen molar-refractivity contribution in [1.29, 1.82) is 0 Å². The molecule has 1 atom stereocenters. The molecule has 1 amide bonds. The summed E-state index contributed by atoms with van der Waals surface area (Å²) in [6.07, 6.45) is 2.20. The van der Waals surface area contributed by atoms with Crippen molar-refractivity contribution in [3.63, 3.8) is 0 Å². The van der Waals surface area contributed by atoms with Gasteiger partial charge in [0.2, 0.25) is 5.96 Å². The number of aryl methyl sites for hydroxylation is 2. The molecule has 0 saturated carbocycles. The summed E-state index contributed by atoms with van der Waals surface area (Å²) in [5, 5.41) is 6.17. The molecule has 5 heteroatoms. The summed E-state index contributed by atoms with van der Waals surface area (Å²) < 4.78 is 5.64. The monoisotopic (exact) mass is 351 g/mol. The van der Waals surface area contributed by atoms with Crippen LogP contribution >= 0.6 is 0 Å². The Kier molecular flexibility index (Phi) is 6.02. The van der Waals surface area contributed by atoms with Gasteiger partial charge in [-0.25, -0.2) is 4.99 Å². The summed E-state index contributed by atoms with van der Waals surface area (Å²) in [6.45, 7) is 5.38. The molecular weight excluding hydrogens is 326 g/mol. The molecule has 136 valence electrons. The lowest BCUT2D eigenvalue weighted by atomic mass is 10.1. The molecule has 2 N–H and O–H groups in total. The van der Waals surface area contributed by atoms with Crippen molar-refractivity contribution in [1.82, 2.24) is 5.32 Å². The van der Waals surface area contributed by atoms with Gasteiger partial charge in [-0.05, 0) is 56.0 Å². The van der Waals surface area contributed by atoms with E-state index in [-0.39, 0.29) is 12.0 Å². The van der Waals surface area contributed by atoms with E-state index in [2.05, 4.69) is 21.7 Å². The van der Waals surface area contributed by atoms with E-state index in [0.29, 0.717) is 18.1 Å². The summed E-state index contributed by atoms with van der Waals surface area (Å²) in [4.78, 5) is 17.1. The molecule has 1 saturated heterocycles. The van der Waals surface area contributed by atoms with Gasteiger partial charge >= 0.3 is 0 Å². The lowest BCUT2D eigenvalue weighted by molar-refractivity contribution is 0.0975. The van der Waals surface area contributed by atoms with Gasteiger partial charge in [0.05, 0.1) is 12.6 Å². The van der Waals surface area contributed by atoms with Crippen molar-refractivity contribution >= 4 is 17.6 Å². The smallest absolute Gasteiger partial charge is 0.257 e. The number of hydrogen-bond acceptors (Lipinski definition) is 3. The fraction of sp³-hybridized carbons (Fsp3) is 0.333. The minimum Gasteiger partial charge on any atom is -0.376 e. The molecule has 0 aromatic heterocycles. The molecule has 2 aromatic rings. The molecule has 0 radical (unpaired) electrons. The van der Waals surface area contributed by atoms with E-state index in [9.17, 15) is 4.79 Å². The number of aliphatic imine (C=N–C) groups is 1. The zero-order valence-electron chi connectivity index (χ0n) is 15.3. The maximum Gasteiger partial charge on any atom is 0.257 e. The number of guanidine groups is 1. The van der Waals surface area contributed by atoms with Gasteiger partial charge < -0.3 is 10.1 Å². The minimum atomic E-state index is -0.186. The van der Waals surface area contributed by atoms with Crippen LogP contribution in [-0.4, -0.2) is 31.1 Å². The second kappa shape index (κ2) is 8.63. The van der Waals surface area contributed by atoms with Crippen LogP contribution in [0.2, 0.25) is 0 Å². The highest BCUT2D eigenvalue weighted by Crippen LogP contribution is 2.17. The predicted octanol–water partition coefficient (Wildman–Crippen LogP) is 3.68. The number of nitrogens with zero attached hydrogens (tertiary/aromatic N) is 1. The van der Waals surface area contributed by atoms with E-state index in [0.717, 1.165) is 36.3 Å². The maximum atomic E-state index is 12.5. The molecule has 0 bridgehead atoms. The van der Waals surface area contributed by atoms with Gasteiger partial charge in [0.1, 0.15) is 0 Å². The van der Waals surface area contributed by atoms with Crippen LogP contribution in [-0.2, 0) is 4.74 Å². The first kappa shape index (κ1) is 18.1. The lowest BCUT2D eigenvalue weighted by Gasteiger charge is -2.15. The number of amides is 1. The fourth-order valence-electron chi connectivity index (χ4n) is 2.86. The van der Waals surface area contributed by atoms with Crippen LogP contribution < -0.4 is 10.6 Å². The quantitative estimate of drug-likeness (QED) is 0.652. The average Bonchev–Trinajstić information content (AvgIpc) is 3.17. The number of carbonyl (C=O) groups excluding carboxylic acids is 1. The van der Waals surface area contributed by atoms with Crippen LogP contribution in [0.5, 0.6) is 0 Å². The summed E-state index contributed by atoms with van der Waals surface area (Å²) in [5.41, 5.74) is 3.77. The van der Waals surface area contributed by atoms with Gasteiger partial charge in [0, 0.05) is 17.9 Å². The van der Waals surface area contributed by atoms with Gasteiger partial charge in [-0.15, -0.1) is 0 Å². The number of carbonyl (C=O) groups is 1. The first-order valence-electron chi connectivity index (χ1n) is 8.98. The zero-order valence-corrected chi connectivity index (χ0v) is 15.3. The second-order valence-corrected chi connectivity index (χ2v) is 6.59. The van der Waals surface area contributed by atoms with E-state index in [1.54, 1.807) is 12.1 Å². The van der Waals surface area contributed by atoms with Crippen LogP contribution in [0.25, 0.3) is 0 Å². The lowest BCUT2D eigenvalue weighted by Crippen LogP contribution is -2.37. The Morgan fingerprint density at radius 1 is 1.19 bits per heavy atom. The number of benzene rings is 2. The van der Waals surface area contributed by atoms with Crippen molar-refractivity contribution in [2.75, 3.05) is 18.5 Å². The van der Waals surface area contributed by atoms with Crippen molar-refractivity contribution in [3.05, 3.63) is 65.2 Å². The van der Waals surface area contributed by atoms with E-state index >= 15 is 0 Å². The number of nitrogens with one attached hydrogen (secondary N) is 2. The summed E-state index contributed by atoms with van der Waals surface area (Å²) in [7, 11) is 0. The van der Waals surface area contributed by atoms with Crippen LogP contribution in [0.3, 0.4) is 0 Å². The summed E-state index contributed by atoms with van der Waals surface area (Å²) in [6, 6.07) is 15.3. The Labute approximate surface area is 154 Å². The Hall–Kier alpha value is -2.66. The molecule has 1 heterocycles. The highest BCUT2D eigenvalue weighted by Gasteiger charge is 2.16. The van der Waals surface area contributed by atoms with Gasteiger partial charge in [-0.2, -0.15) is 0 Å². The standard InChI is InChI=1S/C21H25N3O2/c1-15-10-11-16(2)19(13-15)23-21(22-14-18-9-6-12-26-18)24-20(25)17-7-4-3-5-8-17/h3-5,7-8,10-11,13,18H,6,9,12,14H2,1-2H3,(H2,22,23,24,25)/t18-/m1/s1. The van der Waals surface area contributed by atoms with E-state index < -0.39 is 0 Å². The first-order valence-corrected chi connectivity index (χ1v) is 8.98. The van der Waals surface area contributed by atoms with Crippen molar-refractivity contribution in [3.8, 4) is 0 Å². The number of hydrogen-bond donors (Lipinski definition) is 2. The van der Waals surface area contributed by atoms with E-state index in [4.69, 9.17) is 4.74 Å². The Morgan fingerprint density at radius 2 is 2.00 bits per heavy atom. The molecule has 1 aliphatic rings. The molecule has 5 nitrogen and oxygen atoms in total. The third kappa shape index (κ3) is 4.92. The first-order chi connectivity index (χ1) is 12.6. The third-order valence-electron chi connectivity index (χ3n) is 4.39. The molecule has 2 aromatic carbocycles. The number of anilines is 1. The second-order valence-electron chi connectivity index (χ2n) is 6.59. The van der Waals surface area contributed by atoms with E-state index in [1.165, 1.54) is 0 Å². The maximum absolute atomic E-state index is 12.5. The molecule has 3 rings (SSSR count). The fourth-order valence-corrected chi connectivity index (χ4v) is 2.86. The summed E-state index contributed by atoms with van der Waals surface area (Å²) in [5.74, 6) is 0.262. The highest BCUT2D eigenvalue weighted by molar-refractivity contribution is 6.10. The van der Waals surface area contributed by atoms with Gasteiger partial charge in [0.25, 0.3) is 5.91 Å². The molecule has 0 unspecified atom stereocenters.